The van der Waals surface area contributed by atoms with E-state index in [0.717, 1.165) is 47.3 Å². The van der Waals surface area contributed by atoms with Crippen molar-refractivity contribution < 1.29 is 19.5 Å². The number of aliphatic carboxylic acids is 1. The Hall–Kier alpha value is -3.25. The molecule has 1 amide bonds. The number of amides is 1. The van der Waals surface area contributed by atoms with Crippen LogP contribution in [0.15, 0.2) is 66.0 Å². The molecule has 2 fully saturated rings. The van der Waals surface area contributed by atoms with E-state index in [1.165, 1.54) is 11.3 Å². The summed E-state index contributed by atoms with van der Waals surface area (Å²) in [5.74, 6) is -2.99. The minimum Gasteiger partial charge on any atom is -0.479 e. The maximum atomic E-state index is 14.4. The largest absolute Gasteiger partial charge is 0.479 e. The zero-order chi connectivity index (χ0) is 26.3. The lowest BCUT2D eigenvalue weighted by molar-refractivity contribution is -0.159. The highest BCUT2D eigenvalue weighted by atomic mass is 32.1. The molecule has 4 unspecified atom stereocenters. The summed E-state index contributed by atoms with van der Waals surface area (Å²) in [6, 6.07) is 18.4. The van der Waals surface area contributed by atoms with E-state index in [-0.39, 0.29) is 17.6 Å². The number of hydrogen-bond donors (Lipinski definition) is 1. The number of Topliss-reactive ketones (excluding diaryl/α,β-unsaturated/α-hetero) is 1. The smallest absolute Gasteiger partial charge is 0.330 e. The van der Waals surface area contributed by atoms with Gasteiger partial charge in [0.25, 0.3) is 0 Å². The highest BCUT2D eigenvalue weighted by molar-refractivity contribution is 7.10. The third-order valence-electron chi connectivity index (χ3n) is 8.33. The number of carboxylic acid groups (broad SMARTS) is 1. The fourth-order valence-corrected chi connectivity index (χ4v) is 7.43. The lowest BCUT2D eigenvalue weighted by Gasteiger charge is -2.39. The number of ketones is 1. The number of thiophene rings is 1. The van der Waals surface area contributed by atoms with Crippen LogP contribution < -0.4 is 0 Å². The molecule has 192 valence electrons. The van der Waals surface area contributed by atoms with Crippen LogP contribution in [0.5, 0.6) is 0 Å². The van der Waals surface area contributed by atoms with Gasteiger partial charge < -0.3 is 10.0 Å². The number of likely N-dealkylation sites (tertiary alicyclic amines) is 1. The number of rotatable bonds is 6. The maximum Gasteiger partial charge on any atom is 0.330 e. The van der Waals surface area contributed by atoms with Crippen LogP contribution in [0.4, 0.5) is 0 Å². The van der Waals surface area contributed by atoms with E-state index in [1.807, 2.05) is 79.9 Å². The summed E-state index contributed by atoms with van der Waals surface area (Å²) in [5.41, 5.74) is 1.82. The number of hydrogen-bond acceptors (Lipinski definition) is 4. The predicted molar refractivity (Wildman–Crippen MR) is 145 cm³/mol. The molecule has 0 bridgehead atoms. The summed E-state index contributed by atoms with van der Waals surface area (Å²) in [6.07, 6.45) is 3.43. The van der Waals surface area contributed by atoms with E-state index in [2.05, 4.69) is 0 Å². The van der Waals surface area contributed by atoms with E-state index >= 15 is 0 Å². The first-order valence-corrected chi connectivity index (χ1v) is 13.9. The van der Waals surface area contributed by atoms with Crippen LogP contribution >= 0.6 is 11.3 Å². The molecule has 1 N–H and O–H groups in total. The summed E-state index contributed by atoms with van der Waals surface area (Å²) >= 11 is 1.45. The van der Waals surface area contributed by atoms with E-state index in [0.29, 0.717) is 5.56 Å². The van der Waals surface area contributed by atoms with Crippen molar-refractivity contribution >= 4 is 29.0 Å². The molecule has 1 saturated carbocycles. The lowest BCUT2D eigenvalue weighted by atomic mass is 9.74. The Morgan fingerprint density at radius 1 is 0.946 bits per heavy atom. The van der Waals surface area contributed by atoms with Crippen LogP contribution in [0.1, 0.15) is 76.5 Å². The summed E-state index contributed by atoms with van der Waals surface area (Å²) in [7, 11) is 0. The average molecular weight is 516 g/mol. The maximum absolute atomic E-state index is 14.4. The Morgan fingerprint density at radius 2 is 1.65 bits per heavy atom. The highest BCUT2D eigenvalue weighted by Crippen LogP contribution is 2.58. The van der Waals surface area contributed by atoms with Crippen molar-refractivity contribution in [2.24, 2.45) is 11.8 Å². The molecule has 0 spiro atoms. The molecule has 1 aliphatic heterocycles. The molecule has 1 aliphatic carbocycles. The molecule has 1 aromatic heterocycles. The zero-order valence-corrected chi connectivity index (χ0v) is 22.3. The Kier molecular flexibility index (Phi) is 6.80. The van der Waals surface area contributed by atoms with Gasteiger partial charge >= 0.3 is 5.97 Å². The first-order chi connectivity index (χ1) is 17.7. The SMILES string of the molecule is Cc1ccc(C(=O)C2C(c3cccc(C)c3)N(C(=O)C3CCCC3)C(C)(C(=O)O)C2c2cccs2)cc1. The van der Waals surface area contributed by atoms with Crippen molar-refractivity contribution in [3.05, 3.63) is 93.2 Å². The van der Waals surface area contributed by atoms with E-state index < -0.39 is 29.4 Å². The normalized spacial score (nSPS) is 25.9. The first-order valence-electron chi connectivity index (χ1n) is 13.0. The molecular weight excluding hydrogens is 482 g/mol. The van der Waals surface area contributed by atoms with Gasteiger partial charge in [0.15, 0.2) is 5.78 Å². The number of carbonyl (C=O) groups is 3. The molecule has 4 atom stereocenters. The van der Waals surface area contributed by atoms with Crippen molar-refractivity contribution in [3.8, 4) is 0 Å². The molecule has 6 heteroatoms. The Morgan fingerprint density at radius 3 is 2.24 bits per heavy atom. The molecule has 2 aliphatic rings. The topological polar surface area (TPSA) is 74.7 Å². The molecule has 3 aromatic rings. The van der Waals surface area contributed by atoms with Crippen LogP contribution in [0, 0.1) is 25.7 Å². The minimum absolute atomic E-state index is 0.126. The van der Waals surface area contributed by atoms with Gasteiger partial charge in [-0.2, -0.15) is 0 Å². The summed E-state index contributed by atoms with van der Waals surface area (Å²) in [6.45, 7) is 5.60. The van der Waals surface area contributed by atoms with Gasteiger partial charge in [-0.15, -0.1) is 11.3 Å². The lowest BCUT2D eigenvalue weighted by Crippen LogP contribution is -2.55. The van der Waals surface area contributed by atoms with Gasteiger partial charge in [-0.05, 0) is 50.6 Å². The van der Waals surface area contributed by atoms with Gasteiger partial charge in [-0.3, -0.25) is 9.59 Å². The third-order valence-corrected chi connectivity index (χ3v) is 9.29. The highest BCUT2D eigenvalue weighted by Gasteiger charge is 2.65. The fraction of sp³-hybridized carbons (Fsp3) is 0.387. The minimum atomic E-state index is -1.58. The molecule has 2 aromatic carbocycles. The Bertz CT molecular complexity index is 1310. The first kappa shape index (κ1) is 25.4. The number of aryl methyl sites for hydroxylation is 2. The number of nitrogens with zero attached hydrogens (tertiary/aromatic N) is 1. The van der Waals surface area contributed by atoms with Gasteiger partial charge in [0.2, 0.25) is 5.91 Å². The van der Waals surface area contributed by atoms with Gasteiger partial charge in [0.05, 0.1) is 12.0 Å². The van der Waals surface area contributed by atoms with Crippen LogP contribution in [0.2, 0.25) is 0 Å². The molecule has 1 saturated heterocycles. The molecule has 5 nitrogen and oxygen atoms in total. The predicted octanol–water partition coefficient (Wildman–Crippen LogP) is 6.56. The third kappa shape index (κ3) is 4.31. The molecule has 5 rings (SSSR count). The second-order valence-corrected chi connectivity index (χ2v) is 11.7. The van der Waals surface area contributed by atoms with Crippen LogP contribution in [0.25, 0.3) is 0 Å². The van der Waals surface area contributed by atoms with E-state index in [4.69, 9.17) is 0 Å². The average Bonchev–Trinajstić information content (AvgIpc) is 3.64. The number of carboxylic acids is 1. The van der Waals surface area contributed by atoms with Crippen molar-refractivity contribution in [2.75, 3.05) is 0 Å². The van der Waals surface area contributed by atoms with Crippen molar-refractivity contribution in [2.45, 2.75) is 64.0 Å². The summed E-state index contributed by atoms with van der Waals surface area (Å²) in [5, 5.41) is 12.7. The number of benzene rings is 2. The van der Waals surface area contributed by atoms with Gasteiger partial charge in [0.1, 0.15) is 5.54 Å². The number of carbonyl (C=O) groups excluding carboxylic acids is 2. The Labute approximate surface area is 222 Å². The van der Waals surface area contributed by atoms with Crippen LogP contribution in [0.3, 0.4) is 0 Å². The van der Waals surface area contributed by atoms with E-state index in [9.17, 15) is 19.5 Å². The van der Waals surface area contributed by atoms with Crippen molar-refractivity contribution in [1.82, 2.24) is 4.90 Å². The second kappa shape index (κ2) is 9.90. The molecular formula is C31H33NO4S. The summed E-state index contributed by atoms with van der Waals surface area (Å²) in [4.78, 5) is 44.3. The van der Waals surface area contributed by atoms with Gasteiger partial charge in [0, 0.05) is 22.3 Å². The standard InChI is InChI=1S/C31H33NO4S/c1-19-13-15-21(16-14-19)28(33)25-26(24-12-7-17-37-24)31(3,30(35)36)32(29(34)22-9-4-5-10-22)27(25)23-11-6-8-20(2)18-23/h6-8,11-18,22,25-27H,4-5,9-10H2,1-3H3,(H,35,36). The van der Waals surface area contributed by atoms with Crippen LogP contribution in [-0.4, -0.2) is 33.2 Å². The monoisotopic (exact) mass is 515 g/mol. The van der Waals surface area contributed by atoms with Gasteiger partial charge in [-0.25, -0.2) is 4.79 Å². The second-order valence-electron chi connectivity index (χ2n) is 10.8. The van der Waals surface area contributed by atoms with Crippen LogP contribution in [-0.2, 0) is 9.59 Å². The Balaban J connectivity index is 1.77. The van der Waals surface area contributed by atoms with E-state index in [1.54, 1.807) is 11.8 Å². The zero-order valence-electron chi connectivity index (χ0n) is 21.5. The quantitative estimate of drug-likeness (QED) is 0.377. The molecule has 37 heavy (non-hydrogen) atoms. The summed E-state index contributed by atoms with van der Waals surface area (Å²) < 4.78 is 0. The fourth-order valence-electron chi connectivity index (χ4n) is 6.44. The van der Waals surface area contributed by atoms with Crippen molar-refractivity contribution in [1.29, 1.82) is 0 Å². The van der Waals surface area contributed by atoms with Gasteiger partial charge in [-0.1, -0.05) is 78.6 Å². The molecule has 0 radical (unpaired) electrons. The van der Waals surface area contributed by atoms with Crippen molar-refractivity contribution in [3.63, 3.8) is 0 Å². The molecule has 2 heterocycles.